The minimum atomic E-state index is 0.491. The molecule has 0 radical (unpaired) electrons. The second-order valence-electron chi connectivity index (χ2n) is 4.86. The molecule has 3 atom stereocenters. The fourth-order valence-corrected chi connectivity index (χ4v) is 3.05. The largest absolute Gasteiger partial charge is 0.123 e. The number of unbranched alkanes of at least 4 members (excludes halogenated alkanes) is 1. The van der Waals surface area contributed by atoms with Crippen LogP contribution in [0.15, 0.2) is 0 Å². The molecule has 1 rings (SSSR count). The standard InChI is InChI=1S/C13H25Cl/c1-3-5-7-11(4-2)10-12-8-6-9-13(12)14/h11-13H,3-10H2,1-2H3. The number of hydrogen-bond donors (Lipinski definition) is 0. The van der Waals surface area contributed by atoms with E-state index in [1.807, 2.05) is 0 Å². The molecule has 0 heterocycles. The predicted octanol–water partition coefficient (Wildman–Crippen LogP) is 5.00. The van der Waals surface area contributed by atoms with Crippen molar-refractivity contribution in [1.82, 2.24) is 0 Å². The second-order valence-corrected chi connectivity index (χ2v) is 5.42. The zero-order valence-corrected chi connectivity index (χ0v) is 10.5. The van der Waals surface area contributed by atoms with Crippen LogP contribution in [0.5, 0.6) is 0 Å². The highest BCUT2D eigenvalue weighted by molar-refractivity contribution is 6.20. The van der Waals surface area contributed by atoms with E-state index in [2.05, 4.69) is 13.8 Å². The van der Waals surface area contributed by atoms with Gasteiger partial charge in [-0.2, -0.15) is 0 Å². The van der Waals surface area contributed by atoms with E-state index in [1.54, 1.807) is 0 Å². The van der Waals surface area contributed by atoms with Gasteiger partial charge in [-0.25, -0.2) is 0 Å². The summed E-state index contributed by atoms with van der Waals surface area (Å²) in [5.41, 5.74) is 0. The Hall–Kier alpha value is 0.290. The van der Waals surface area contributed by atoms with Crippen LogP contribution >= 0.6 is 11.6 Å². The van der Waals surface area contributed by atoms with Crippen LogP contribution in [0.1, 0.15) is 65.2 Å². The fourth-order valence-electron chi connectivity index (χ4n) is 2.67. The summed E-state index contributed by atoms with van der Waals surface area (Å²) in [6.07, 6.45) is 10.9. The fraction of sp³-hybridized carbons (Fsp3) is 1.00. The van der Waals surface area contributed by atoms with Gasteiger partial charge in [0.25, 0.3) is 0 Å². The molecule has 0 amide bonds. The van der Waals surface area contributed by atoms with Gasteiger partial charge in [0, 0.05) is 5.38 Å². The van der Waals surface area contributed by atoms with Crippen molar-refractivity contribution in [2.24, 2.45) is 11.8 Å². The van der Waals surface area contributed by atoms with Crippen LogP contribution in [-0.4, -0.2) is 5.38 Å². The van der Waals surface area contributed by atoms with E-state index in [0.717, 1.165) is 11.8 Å². The third-order valence-electron chi connectivity index (χ3n) is 3.75. The van der Waals surface area contributed by atoms with Crippen molar-refractivity contribution in [2.45, 2.75) is 70.6 Å². The van der Waals surface area contributed by atoms with Crippen LogP contribution in [-0.2, 0) is 0 Å². The van der Waals surface area contributed by atoms with Crippen molar-refractivity contribution in [3.05, 3.63) is 0 Å². The molecule has 0 spiro atoms. The average Bonchev–Trinajstić information content (AvgIpc) is 2.59. The Morgan fingerprint density at radius 2 is 2.07 bits per heavy atom. The van der Waals surface area contributed by atoms with Crippen LogP contribution in [0.25, 0.3) is 0 Å². The highest BCUT2D eigenvalue weighted by Gasteiger charge is 2.26. The molecule has 1 aliphatic rings. The zero-order valence-electron chi connectivity index (χ0n) is 9.77. The van der Waals surface area contributed by atoms with E-state index >= 15 is 0 Å². The summed E-state index contributed by atoms with van der Waals surface area (Å²) in [5, 5.41) is 0.491. The molecule has 3 unspecified atom stereocenters. The van der Waals surface area contributed by atoms with Crippen LogP contribution in [0.4, 0.5) is 0 Å². The first-order valence-corrected chi connectivity index (χ1v) is 6.85. The monoisotopic (exact) mass is 216 g/mol. The summed E-state index contributed by atoms with van der Waals surface area (Å²) in [7, 11) is 0. The lowest BCUT2D eigenvalue weighted by molar-refractivity contribution is 0.343. The lowest BCUT2D eigenvalue weighted by Gasteiger charge is -2.21. The van der Waals surface area contributed by atoms with Gasteiger partial charge >= 0.3 is 0 Å². The molecule has 0 aromatic heterocycles. The molecule has 0 aliphatic heterocycles. The first-order chi connectivity index (χ1) is 6.77. The molecule has 0 nitrogen and oxygen atoms in total. The van der Waals surface area contributed by atoms with Gasteiger partial charge in [0.15, 0.2) is 0 Å². The Labute approximate surface area is 94.4 Å². The number of alkyl halides is 1. The summed E-state index contributed by atoms with van der Waals surface area (Å²) in [5.74, 6) is 1.78. The number of hydrogen-bond acceptors (Lipinski definition) is 0. The maximum absolute atomic E-state index is 6.31. The van der Waals surface area contributed by atoms with Gasteiger partial charge in [0.05, 0.1) is 0 Å². The molecule has 0 aromatic rings. The van der Waals surface area contributed by atoms with Gasteiger partial charge in [0.2, 0.25) is 0 Å². The number of rotatable bonds is 6. The van der Waals surface area contributed by atoms with Crippen LogP contribution < -0.4 is 0 Å². The summed E-state index contributed by atoms with van der Waals surface area (Å²) in [4.78, 5) is 0. The van der Waals surface area contributed by atoms with Crippen LogP contribution in [0.2, 0.25) is 0 Å². The molecule has 1 fully saturated rings. The molecule has 0 saturated heterocycles. The van der Waals surface area contributed by atoms with E-state index in [1.165, 1.54) is 51.4 Å². The third-order valence-corrected chi connectivity index (χ3v) is 4.32. The summed E-state index contributed by atoms with van der Waals surface area (Å²) in [6.45, 7) is 4.62. The normalized spacial score (nSPS) is 29.4. The Kier molecular flexibility index (Phi) is 5.93. The second kappa shape index (κ2) is 6.71. The maximum Gasteiger partial charge on any atom is 0.0364 e. The molecule has 1 saturated carbocycles. The molecule has 14 heavy (non-hydrogen) atoms. The predicted molar refractivity (Wildman–Crippen MR) is 64.9 cm³/mol. The van der Waals surface area contributed by atoms with Crippen molar-refractivity contribution >= 4 is 11.6 Å². The first kappa shape index (κ1) is 12.4. The van der Waals surface area contributed by atoms with E-state index < -0.39 is 0 Å². The Morgan fingerprint density at radius 1 is 1.29 bits per heavy atom. The minimum absolute atomic E-state index is 0.491. The van der Waals surface area contributed by atoms with Gasteiger partial charge in [0.1, 0.15) is 0 Å². The van der Waals surface area contributed by atoms with E-state index in [-0.39, 0.29) is 0 Å². The van der Waals surface area contributed by atoms with E-state index in [4.69, 9.17) is 11.6 Å². The molecule has 0 N–H and O–H groups in total. The highest BCUT2D eigenvalue weighted by atomic mass is 35.5. The molecule has 0 aromatic carbocycles. The first-order valence-electron chi connectivity index (χ1n) is 6.42. The summed E-state index contributed by atoms with van der Waals surface area (Å²) in [6, 6.07) is 0. The number of halogens is 1. The van der Waals surface area contributed by atoms with Crippen molar-refractivity contribution < 1.29 is 0 Å². The molecule has 1 heteroatoms. The van der Waals surface area contributed by atoms with Crippen molar-refractivity contribution in [3.63, 3.8) is 0 Å². The lowest BCUT2D eigenvalue weighted by atomic mass is 9.88. The van der Waals surface area contributed by atoms with Crippen molar-refractivity contribution in [2.75, 3.05) is 0 Å². The van der Waals surface area contributed by atoms with Crippen LogP contribution in [0.3, 0.4) is 0 Å². The Balaban J connectivity index is 2.24. The Morgan fingerprint density at radius 3 is 2.57 bits per heavy atom. The van der Waals surface area contributed by atoms with E-state index in [9.17, 15) is 0 Å². The quantitative estimate of drug-likeness (QED) is 0.548. The molecular formula is C13H25Cl. The van der Waals surface area contributed by atoms with Gasteiger partial charge in [-0.3, -0.25) is 0 Å². The minimum Gasteiger partial charge on any atom is -0.123 e. The maximum atomic E-state index is 6.31. The Bertz CT molecular complexity index is 144. The lowest BCUT2D eigenvalue weighted by Crippen LogP contribution is -2.12. The third kappa shape index (κ3) is 3.81. The smallest absolute Gasteiger partial charge is 0.0364 e. The molecule has 1 aliphatic carbocycles. The SMILES string of the molecule is CCCCC(CC)CC1CCCC1Cl. The van der Waals surface area contributed by atoms with Gasteiger partial charge in [-0.15, -0.1) is 11.6 Å². The van der Waals surface area contributed by atoms with Gasteiger partial charge in [-0.05, 0) is 31.1 Å². The van der Waals surface area contributed by atoms with Crippen LogP contribution in [0, 0.1) is 11.8 Å². The average molecular weight is 217 g/mol. The van der Waals surface area contributed by atoms with Crippen molar-refractivity contribution in [3.8, 4) is 0 Å². The molecule has 0 bridgehead atoms. The molecule has 84 valence electrons. The zero-order chi connectivity index (χ0) is 10.4. The summed E-state index contributed by atoms with van der Waals surface area (Å²) >= 11 is 6.31. The highest BCUT2D eigenvalue weighted by Crippen LogP contribution is 2.36. The van der Waals surface area contributed by atoms with Gasteiger partial charge < -0.3 is 0 Å². The topological polar surface area (TPSA) is 0 Å². The van der Waals surface area contributed by atoms with E-state index in [0.29, 0.717) is 5.38 Å². The summed E-state index contributed by atoms with van der Waals surface area (Å²) < 4.78 is 0. The molecular weight excluding hydrogens is 192 g/mol. The van der Waals surface area contributed by atoms with Crippen molar-refractivity contribution in [1.29, 1.82) is 0 Å². The van der Waals surface area contributed by atoms with Gasteiger partial charge in [-0.1, -0.05) is 46.0 Å².